The highest BCUT2D eigenvalue weighted by molar-refractivity contribution is 5.80. The van der Waals surface area contributed by atoms with E-state index in [1.54, 1.807) is 11.9 Å². The highest BCUT2D eigenvalue weighted by Crippen LogP contribution is 2.00. The molecule has 3 heteroatoms. The Morgan fingerprint density at radius 2 is 1.85 bits per heavy atom. The minimum Gasteiger partial charge on any atom is -0.345 e. The van der Waals surface area contributed by atoms with Gasteiger partial charge < -0.3 is 4.90 Å². The molecule has 0 aliphatic rings. The molecule has 0 saturated carbocycles. The lowest BCUT2D eigenvalue weighted by Gasteiger charge is -2.18. The van der Waals surface area contributed by atoms with Crippen LogP contribution in [0.2, 0.25) is 0 Å². The Morgan fingerprint density at radius 3 is 2.23 bits per heavy atom. The van der Waals surface area contributed by atoms with Crippen molar-refractivity contribution in [2.24, 2.45) is 5.92 Å². The number of Topliss-reactive ketones (excluding diaryl/α,β-unsaturated/α-hetero) is 1. The fourth-order valence-corrected chi connectivity index (χ4v) is 1.02. The highest BCUT2D eigenvalue weighted by atomic mass is 16.2. The summed E-state index contributed by atoms with van der Waals surface area (Å²) in [5, 5.41) is 0. The molecule has 0 saturated heterocycles. The van der Waals surface area contributed by atoms with Crippen molar-refractivity contribution in [3.63, 3.8) is 0 Å². The number of ketones is 1. The predicted octanol–water partition coefficient (Wildman–Crippen LogP) is 1.47. The van der Waals surface area contributed by atoms with Gasteiger partial charge in [-0.25, -0.2) is 0 Å². The molecule has 0 aromatic heterocycles. The summed E-state index contributed by atoms with van der Waals surface area (Å²) in [5.41, 5.74) is 0. The van der Waals surface area contributed by atoms with Crippen molar-refractivity contribution in [3.05, 3.63) is 0 Å². The van der Waals surface area contributed by atoms with Crippen molar-refractivity contribution in [2.75, 3.05) is 13.6 Å². The molecule has 76 valence electrons. The van der Waals surface area contributed by atoms with Gasteiger partial charge in [-0.1, -0.05) is 20.8 Å². The molecule has 0 unspecified atom stereocenters. The van der Waals surface area contributed by atoms with Gasteiger partial charge >= 0.3 is 0 Å². The van der Waals surface area contributed by atoms with Crippen molar-refractivity contribution in [1.82, 2.24) is 4.90 Å². The Balaban J connectivity index is 3.81. The van der Waals surface area contributed by atoms with Crippen LogP contribution in [-0.4, -0.2) is 30.2 Å². The molecule has 0 atom stereocenters. The zero-order valence-corrected chi connectivity index (χ0v) is 8.96. The van der Waals surface area contributed by atoms with Crippen molar-refractivity contribution in [3.8, 4) is 0 Å². The van der Waals surface area contributed by atoms with E-state index in [-0.39, 0.29) is 17.6 Å². The molecule has 0 fully saturated rings. The van der Waals surface area contributed by atoms with Crippen LogP contribution in [-0.2, 0) is 9.59 Å². The SMILES string of the molecule is CCC(=O)CCN(C)C(=O)C(C)C. The lowest BCUT2D eigenvalue weighted by molar-refractivity contribution is -0.133. The maximum Gasteiger partial charge on any atom is 0.224 e. The maximum atomic E-state index is 11.4. The van der Waals surface area contributed by atoms with Crippen LogP contribution in [0.1, 0.15) is 33.6 Å². The first-order chi connectivity index (χ1) is 5.99. The first kappa shape index (κ1) is 12.1. The number of nitrogens with zero attached hydrogens (tertiary/aromatic N) is 1. The molecule has 0 aliphatic carbocycles. The predicted molar refractivity (Wildman–Crippen MR) is 52.4 cm³/mol. The summed E-state index contributed by atoms with van der Waals surface area (Å²) in [5.74, 6) is 0.328. The fraction of sp³-hybridized carbons (Fsp3) is 0.800. The van der Waals surface area contributed by atoms with Gasteiger partial charge in [0.15, 0.2) is 0 Å². The summed E-state index contributed by atoms with van der Waals surface area (Å²) in [7, 11) is 1.74. The Morgan fingerprint density at radius 1 is 1.31 bits per heavy atom. The average molecular weight is 185 g/mol. The van der Waals surface area contributed by atoms with Gasteiger partial charge in [0.2, 0.25) is 5.91 Å². The lowest BCUT2D eigenvalue weighted by atomic mass is 10.1. The Hall–Kier alpha value is -0.860. The standard InChI is InChI=1S/C10H19NO2/c1-5-9(12)6-7-11(4)10(13)8(2)3/h8H,5-7H2,1-4H3. The van der Waals surface area contributed by atoms with E-state index in [1.807, 2.05) is 20.8 Å². The number of hydrogen-bond donors (Lipinski definition) is 0. The van der Waals surface area contributed by atoms with Gasteiger partial charge in [0.05, 0.1) is 0 Å². The molecule has 0 bridgehead atoms. The van der Waals surface area contributed by atoms with E-state index < -0.39 is 0 Å². The van der Waals surface area contributed by atoms with E-state index in [1.165, 1.54) is 0 Å². The van der Waals surface area contributed by atoms with Gasteiger partial charge in [-0.3, -0.25) is 9.59 Å². The molecule has 13 heavy (non-hydrogen) atoms. The van der Waals surface area contributed by atoms with Gasteiger partial charge in [-0.05, 0) is 0 Å². The molecular formula is C10H19NO2. The normalized spacial score (nSPS) is 10.2. The molecule has 0 spiro atoms. The summed E-state index contributed by atoms with van der Waals surface area (Å²) in [6, 6.07) is 0. The number of rotatable bonds is 5. The van der Waals surface area contributed by atoms with Crippen LogP contribution >= 0.6 is 0 Å². The molecule has 0 aromatic rings. The molecule has 1 amide bonds. The molecule has 0 heterocycles. The van der Waals surface area contributed by atoms with Crippen LogP contribution in [0.5, 0.6) is 0 Å². The van der Waals surface area contributed by atoms with Crippen molar-refractivity contribution in [1.29, 1.82) is 0 Å². The Labute approximate surface area is 80.1 Å². The molecular weight excluding hydrogens is 166 g/mol. The Kier molecular flexibility index (Phi) is 5.35. The molecule has 0 aliphatic heterocycles. The molecule has 0 aromatic carbocycles. The van der Waals surface area contributed by atoms with Gasteiger partial charge in [0.1, 0.15) is 5.78 Å². The minimum atomic E-state index is 0.0155. The smallest absolute Gasteiger partial charge is 0.224 e. The van der Waals surface area contributed by atoms with Gasteiger partial charge in [0, 0.05) is 32.4 Å². The number of carbonyl (C=O) groups is 2. The topological polar surface area (TPSA) is 37.4 Å². The second kappa shape index (κ2) is 5.73. The first-order valence-corrected chi connectivity index (χ1v) is 4.75. The van der Waals surface area contributed by atoms with Gasteiger partial charge in [-0.2, -0.15) is 0 Å². The summed E-state index contributed by atoms with van der Waals surface area (Å²) in [4.78, 5) is 24.0. The zero-order valence-electron chi connectivity index (χ0n) is 8.96. The molecule has 3 nitrogen and oxygen atoms in total. The minimum absolute atomic E-state index is 0.0155. The monoisotopic (exact) mass is 185 g/mol. The van der Waals surface area contributed by atoms with Crippen LogP contribution in [0.3, 0.4) is 0 Å². The van der Waals surface area contributed by atoms with Crippen LogP contribution in [0, 0.1) is 5.92 Å². The highest BCUT2D eigenvalue weighted by Gasteiger charge is 2.12. The van der Waals surface area contributed by atoms with Gasteiger partial charge in [0.25, 0.3) is 0 Å². The maximum absolute atomic E-state index is 11.4. The largest absolute Gasteiger partial charge is 0.345 e. The third-order valence-corrected chi connectivity index (χ3v) is 1.99. The van der Waals surface area contributed by atoms with Crippen LogP contribution in [0.4, 0.5) is 0 Å². The number of hydrogen-bond acceptors (Lipinski definition) is 2. The van der Waals surface area contributed by atoms with Crippen molar-refractivity contribution >= 4 is 11.7 Å². The van der Waals surface area contributed by atoms with Gasteiger partial charge in [-0.15, -0.1) is 0 Å². The summed E-state index contributed by atoms with van der Waals surface area (Å²) >= 11 is 0. The quantitative estimate of drug-likeness (QED) is 0.650. The van der Waals surface area contributed by atoms with Crippen molar-refractivity contribution in [2.45, 2.75) is 33.6 Å². The van der Waals surface area contributed by atoms with E-state index >= 15 is 0 Å². The third kappa shape index (κ3) is 4.65. The number of carbonyl (C=O) groups excluding carboxylic acids is 2. The van der Waals surface area contributed by atoms with E-state index in [2.05, 4.69) is 0 Å². The van der Waals surface area contributed by atoms with E-state index in [4.69, 9.17) is 0 Å². The third-order valence-electron chi connectivity index (χ3n) is 1.99. The average Bonchev–Trinajstić information content (AvgIpc) is 2.11. The molecule has 0 N–H and O–H groups in total. The van der Waals surface area contributed by atoms with E-state index in [0.717, 1.165) is 0 Å². The fourth-order valence-electron chi connectivity index (χ4n) is 1.02. The van der Waals surface area contributed by atoms with Crippen molar-refractivity contribution < 1.29 is 9.59 Å². The Bertz CT molecular complexity index is 187. The van der Waals surface area contributed by atoms with Crippen LogP contribution in [0.25, 0.3) is 0 Å². The van der Waals surface area contributed by atoms with Crippen LogP contribution in [0.15, 0.2) is 0 Å². The summed E-state index contributed by atoms with van der Waals surface area (Å²) in [6.07, 6.45) is 1.04. The molecule has 0 rings (SSSR count). The summed E-state index contributed by atoms with van der Waals surface area (Å²) in [6.45, 7) is 6.11. The molecule has 0 radical (unpaired) electrons. The second-order valence-corrected chi connectivity index (χ2v) is 3.56. The summed E-state index contributed by atoms with van der Waals surface area (Å²) < 4.78 is 0. The second-order valence-electron chi connectivity index (χ2n) is 3.56. The van der Waals surface area contributed by atoms with E-state index in [0.29, 0.717) is 19.4 Å². The first-order valence-electron chi connectivity index (χ1n) is 4.75. The van der Waals surface area contributed by atoms with Crippen LogP contribution < -0.4 is 0 Å². The lowest BCUT2D eigenvalue weighted by Crippen LogP contribution is -2.32. The number of amides is 1. The zero-order chi connectivity index (χ0) is 10.4. The van der Waals surface area contributed by atoms with E-state index in [9.17, 15) is 9.59 Å².